The molecule has 0 aliphatic rings. The molecule has 0 radical (unpaired) electrons. The Balaban J connectivity index is 2.20. The number of rotatable bonds is 2. The molecule has 0 amide bonds. The predicted octanol–water partition coefficient (Wildman–Crippen LogP) is 4.31. The van der Waals surface area contributed by atoms with Gasteiger partial charge in [-0.2, -0.15) is 11.3 Å². The second-order valence-electron chi connectivity index (χ2n) is 5.53. The van der Waals surface area contributed by atoms with E-state index in [1.54, 1.807) is 12.1 Å². The van der Waals surface area contributed by atoms with Gasteiger partial charge in [0.25, 0.3) is 0 Å². The Bertz CT molecular complexity index is 1140. The summed E-state index contributed by atoms with van der Waals surface area (Å²) in [4.78, 5) is 11.7. The molecule has 25 heavy (non-hydrogen) atoms. The van der Waals surface area contributed by atoms with Crippen molar-refractivity contribution in [3.63, 3.8) is 0 Å². The maximum Gasteiger partial charge on any atom is 0.339 e. The van der Waals surface area contributed by atoms with Gasteiger partial charge in [-0.1, -0.05) is 12.1 Å². The topological polar surface area (TPSA) is 90.9 Å². The molecule has 0 fully saturated rings. The summed E-state index contributed by atoms with van der Waals surface area (Å²) < 4.78 is 5.30. The third-order valence-electron chi connectivity index (χ3n) is 3.95. The molecule has 0 aliphatic heterocycles. The summed E-state index contributed by atoms with van der Waals surface area (Å²) in [6.07, 6.45) is 0. The lowest BCUT2D eigenvalue weighted by Crippen LogP contribution is -1.97. The van der Waals surface area contributed by atoms with Gasteiger partial charge in [0.2, 0.25) is 0 Å². The third kappa shape index (κ3) is 2.53. The lowest BCUT2D eigenvalue weighted by Gasteiger charge is -2.14. The van der Waals surface area contributed by atoms with E-state index in [1.807, 2.05) is 16.8 Å². The molecule has 0 saturated carbocycles. The van der Waals surface area contributed by atoms with Gasteiger partial charge >= 0.3 is 5.63 Å². The summed E-state index contributed by atoms with van der Waals surface area (Å²) in [5.41, 5.74) is 1.28. The summed E-state index contributed by atoms with van der Waals surface area (Å²) >= 11 is 1.49. The Labute approximate surface area is 145 Å². The van der Waals surface area contributed by atoms with Crippen LogP contribution in [0.2, 0.25) is 0 Å². The van der Waals surface area contributed by atoms with E-state index in [0.717, 1.165) is 11.6 Å². The normalized spacial score (nSPS) is 11.0. The van der Waals surface area contributed by atoms with Crippen LogP contribution in [0.1, 0.15) is 0 Å². The molecule has 6 heteroatoms. The van der Waals surface area contributed by atoms with Crippen molar-refractivity contribution in [3.05, 3.63) is 63.6 Å². The Morgan fingerprint density at radius 2 is 1.80 bits per heavy atom. The number of thiophene rings is 1. The van der Waals surface area contributed by atoms with Crippen molar-refractivity contribution in [1.29, 1.82) is 0 Å². The molecule has 4 rings (SSSR count). The van der Waals surface area contributed by atoms with Crippen molar-refractivity contribution in [2.45, 2.75) is 0 Å². The number of benzene rings is 2. The molecular formula is C19H12O5S. The summed E-state index contributed by atoms with van der Waals surface area (Å²) in [5, 5.41) is 34.9. The lowest BCUT2D eigenvalue weighted by atomic mass is 9.92. The number of hydrogen-bond acceptors (Lipinski definition) is 6. The van der Waals surface area contributed by atoms with Crippen LogP contribution in [0.4, 0.5) is 0 Å². The number of phenolic OH excluding ortho intramolecular Hbond substituents is 2. The Hall–Kier alpha value is -3.25. The molecule has 2 heterocycles. The SMILES string of the molecule is O=c1cc(O)cc(-c2c(-c3ccsc3)cc(O)c3c(O)cccc23)o1. The Morgan fingerprint density at radius 1 is 0.960 bits per heavy atom. The standard InChI is InChI=1S/C19H12O5S/c20-11-6-16(24-17(23)7-11)18-12-2-1-3-14(21)19(12)15(22)8-13(18)10-4-5-25-9-10/h1-9,20-22H. The lowest BCUT2D eigenvalue weighted by molar-refractivity contribution is 0.453. The first kappa shape index (κ1) is 15.3. The van der Waals surface area contributed by atoms with Crippen LogP contribution in [0.3, 0.4) is 0 Å². The zero-order valence-corrected chi connectivity index (χ0v) is 13.6. The van der Waals surface area contributed by atoms with Crippen LogP contribution in [0.15, 0.2) is 62.4 Å². The minimum absolute atomic E-state index is 0.0828. The van der Waals surface area contributed by atoms with Crippen LogP contribution in [-0.4, -0.2) is 15.3 Å². The van der Waals surface area contributed by atoms with E-state index >= 15 is 0 Å². The van der Waals surface area contributed by atoms with Crippen LogP contribution in [0.5, 0.6) is 17.2 Å². The molecule has 0 atom stereocenters. The Kier molecular flexibility index (Phi) is 3.47. The van der Waals surface area contributed by atoms with Crippen molar-refractivity contribution in [1.82, 2.24) is 0 Å². The summed E-state index contributed by atoms with van der Waals surface area (Å²) in [6.45, 7) is 0. The van der Waals surface area contributed by atoms with Gasteiger partial charge in [-0.3, -0.25) is 0 Å². The van der Waals surface area contributed by atoms with Gasteiger partial charge in [0, 0.05) is 17.0 Å². The highest BCUT2D eigenvalue weighted by Crippen LogP contribution is 2.45. The van der Waals surface area contributed by atoms with Crippen LogP contribution >= 0.6 is 11.3 Å². The fourth-order valence-corrected chi connectivity index (χ4v) is 3.60. The fraction of sp³-hybridized carbons (Fsp3) is 0. The highest BCUT2D eigenvalue weighted by molar-refractivity contribution is 7.08. The van der Waals surface area contributed by atoms with Crippen molar-refractivity contribution in [3.8, 4) is 39.7 Å². The minimum Gasteiger partial charge on any atom is -0.508 e. The second kappa shape index (κ2) is 5.68. The second-order valence-corrected chi connectivity index (χ2v) is 6.31. The van der Waals surface area contributed by atoms with Gasteiger partial charge < -0.3 is 19.7 Å². The molecule has 124 valence electrons. The monoisotopic (exact) mass is 352 g/mol. The minimum atomic E-state index is -0.687. The van der Waals surface area contributed by atoms with Gasteiger partial charge in [0.05, 0.1) is 11.5 Å². The fourth-order valence-electron chi connectivity index (χ4n) is 2.94. The molecule has 5 nitrogen and oxygen atoms in total. The maximum absolute atomic E-state index is 11.7. The zero-order valence-electron chi connectivity index (χ0n) is 12.8. The van der Waals surface area contributed by atoms with E-state index < -0.39 is 5.63 Å². The predicted molar refractivity (Wildman–Crippen MR) is 96.2 cm³/mol. The van der Waals surface area contributed by atoms with Crippen molar-refractivity contribution in [2.24, 2.45) is 0 Å². The Morgan fingerprint density at radius 3 is 2.52 bits per heavy atom. The molecule has 0 spiro atoms. The van der Waals surface area contributed by atoms with E-state index in [2.05, 4.69) is 0 Å². The van der Waals surface area contributed by atoms with E-state index in [4.69, 9.17) is 4.42 Å². The highest BCUT2D eigenvalue weighted by Gasteiger charge is 2.19. The molecule has 2 aromatic heterocycles. The molecule has 0 bridgehead atoms. The van der Waals surface area contributed by atoms with E-state index in [1.165, 1.54) is 29.5 Å². The van der Waals surface area contributed by atoms with Crippen LogP contribution in [-0.2, 0) is 0 Å². The molecule has 2 aromatic carbocycles. The van der Waals surface area contributed by atoms with E-state index in [9.17, 15) is 20.1 Å². The quantitative estimate of drug-likeness (QED) is 0.500. The molecule has 0 unspecified atom stereocenters. The average molecular weight is 352 g/mol. The molecule has 0 aliphatic carbocycles. The maximum atomic E-state index is 11.7. The molecule has 4 aromatic rings. The number of hydrogen-bond donors (Lipinski definition) is 3. The summed E-state index contributed by atoms with van der Waals surface area (Å²) in [7, 11) is 0. The van der Waals surface area contributed by atoms with Gasteiger partial charge in [0.1, 0.15) is 23.0 Å². The van der Waals surface area contributed by atoms with Crippen molar-refractivity contribution < 1.29 is 19.7 Å². The highest BCUT2D eigenvalue weighted by atomic mass is 32.1. The third-order valence-corrected chi connectivity index (χ3v) is 4.64. The molecule has 0 saturated heterocycles. The van der Waals surface area contributed by atoms with Crippen LogP contribution in [0, 0.1) is 0 Å². The van der Waals surface area contributed by atoms with Crippen molar-refractivity contribution in [2.75, 3.05) is 0 Å². The first-order chi connectivity index (χ1) is 12.0. The van der Waals surface area contributed by atoms with Crippen molar-refractivity contribution >= 4 is 22.1 Å². The smallest absolute Gasteiger partial charge is 0.339 e. The molecular weight excluding hydrogens is 340 g/mol. The van der Waals surface area contributed by atoms with E-state index in [0.29, 0.717) is 16.5 Å². The number of aromatic hydroxyl groups is 3. The van der Waals surface area contributed by atoms with Gasteiger partial charge in [-0.15, -0.1) is 0 Å². The molecule has 3 N–H and O–H groups in total. The zero-order chi connectivity index (χ0) is 17.6. The summed E-state index contributed by atoms with van der Waals surface area (Å²) in [5.74, 6) is -0.234. The largest absolute Gasteiger partial charge is 0.508 e. The first-order valence-electron chi connectivity index (χ1n) is 7.39. The summed E-state index contributed by atoms with van der Waals surface area (Å²) in [6, 6.07) is 10.5. The number of phenols is 2. The average Bonchev–Trinajstić information content (AvgIpc) is 3.07. The van der Waals surface area contributed by atoms with Gasteiger partial charge in [-0.25, -0.2) is 4.79 Å². The first-order valence-corrected chi connectivity index (χ1v) is 8.33. The van der Waals surface area contributed by atoms with E-state index in [-0.39, 0.29) is 28.4 Å². The number of fused-ring (bicyclic) bond motifs is 1. The van der Waals surface area contributed by atoms with Gasteiger partial charge in [0.15, 0.2) is 0 Å². The van der Waals surface area contributed by atoms with Gasteiger partial charge in [-0.05, 0) is 40.1 Å². The van der Waals surface area contributed by atoms with Crippen LogP contribution < -0.4 is 5.63 Å². The van der Waals surface area contributed by atoms with Crippen LogP contribution in [0.25, 0.3) is 33.2 Å².